The summed E-state index contributed by atoms with van der Waals surface area (Å²) in [4.78, 5) is 2.38. The van der Waals surface area contributed by atoms with Gasteiger partial charge in [0.15, 0.2) is 0 Å². The van der Waals surface area contributed by atoms with Crippen molar-refractivity contribution in [2.75, 3.05) is 13.1 Å². The van der Waals surface area contributed by atoms with Crippen LogP contribution in [-0.4, -0.2) is 35.2 Å². The van der Waals surface area contributed by atoms with E-state index in [1.807, 2.05) is 0 Å². The summed E-state index contributed by atoms with van der Waals surface area (Å²) in [5.41, 5.74) is 0. The lowest BCUT2D eigenvalue weighted by atomic mass is 10.1. The van der Waals surface area contributed by atoms with Gasteiger partial charge in [-0.3, -0.25) is 4.90 Å². The molecule has 2 nitrogen and oxygen atoms in total. The largest absolute Gasteiger partial charge is 0.392 e. The molecular formula is C9H19NO. The Morgan fingerprint density at radius 1 is 1.64 bits per heavy atom. The van der Waals surface area contributed by atoms with Crippen LogP contribution in [0.25, 0.3) is 0 Å². The first-order chi connectivity index (χ1) is 5.24. The predicted molar refractivity (Wildman–Crippen MR) is 46.6 cm³/mol. The number of aliphatic hydroxyl groups is 1. The average molecular weight is 157 g/mol. The van der Waals surface area contributed by atoms with Gasteiger partial charge in [-0.25, -0.2) is 0 Å². The highest BCUT2D eigenvalue weighted by atomic mass is 16.3. The molecule has 0 bridgehead atoms. The number of hydrogen-bond donors (Lipinski definition) is 1. The van der Waals surface area contributed by atoms with Crippen LogP contribution in [0.2, 0.25) is 0 Å². The summed E-state index contributed by atoms with van der Waals surface area (Å²) in [5.74, 6) is 0. The second-order valence-corrected chi connectivity index (χ2v) is 3.55. The molecule has 0 radical (unpaired) electrons. The monoisotopic (exact) mass is 157 g/mol. The molecule has 1 heterocycles. The molecule has 1 aliphatic heterocycles. The van der Waals surface area contributed by atoms with Gasteiger partial charge in [0.25, 0.3) is 0 Å². The Morgan fingerprint density at radius 2 is 2.36 bits per heavy atom. The SMILES string of the molecule is CC[C@@H](C)N1CCC[C@@H](O)C1. The highest BCUT2D eigenvalue weighted by molar-refractivity contribution is 4.75. The average Bonchev–Trinajstić information content (AvgIpc) is 2.03. The third-order valence-electron chi connectivity index (χ3n) is 2.64. The van der Waals surface area contributed by atoms with Crippen molar-refractivity contribution < 1.29 is 5.11 Å². The van der Waals surface area contributed by atoms with Gasteiger partial charge in [-0.15, -0.1) is 0 Å². The van der Waals surface area contributed by atoms with E-state index in [1.54, 1.807) is 0 Å². The normalized spacial score (nSPS) is 30.3. The first-order valence-corrected chi connectivity index (χ1v) is 4.66. The summed E-state index contributed by atoms with van der Waals surface area (Å²) >= 11 is 0. The van der Waals surface area contributed by atoms with Gasteiger partial charge in [0.05, 0.1) is 6.10 Å². The minimum atomic E-state index is -0.0715. The molecule has 0 aliphatic carbocycles. The molecule has 66 valence electrons. The van der Waals surface area contributed by atoms with E-state index >= 15 is 0 Å². The van der Waals surface area contributed by atoms with Gasteiger partial charge in [0.2, 0.25) is 0 Å². The predicted octanol–water partition coefficient (Wildman–Crippen LogP) is 1.24. The minimum Gasteiger partial charge on any atom is -0.392 e. The number of hydrogen-bond acceptors (Lipinski definition) is 2. The Kier molecular flexibility index (Phi) is 3.34. The quantitative estimate of drug-likeness (QED) is 0.652. The van der Waals surface area contributed by atoms with Crippen molar-refractivity contribution in [1.82, 2.24) is 4.90 Å². The fourth-order valence-electron chi connectivity index (χ4n) is 1.64. The van der Waals surface area contributed by atoms with Crippen LogP contribution in [0.3, 0.4) is 0 Å². The molecule has 1 aliphatic rings. The maximum atomic E-state index is 9.38. The zero-order chi connectivity index (χ0) is 8.27. The molecule has 11 heavy (non-hydrogen) atoms. The first kappa shape index (κ1) is 9.01. The van der Waals surface area contributed by atoms with Crippen molar-refractivity contribution in [2.45, 2.75) is 45.3 Å². The Labute approximate surface area is 69.2 Å². The van der Waals surface area contributed by atoms with Crippen molar-refractivity contribution in [3.05, 3.63) is 0 Å². The van der Waals surface area contributed by atoms with Crippen LogP contribution >= 0.6 is 0 Å². The number of β-amino-alcohol motifs (C(OH)–C–C–N with tert-alkyl or cyclic N) is 1. The van der Waals surface area contributed by atoms with Gasteiger partial charge in [-0.05, 0) is 32.7 Å². The molecule has 0 aromatic heterocycles. The highest BCUT2D eigenvalue weighted by Gasteiger charge is 2.20. The first-order valence-electron chi connectivity index (χ1n) is 4.66. The zero-order valence-corrected chi connectivity index (χ0v) is 7.58. The van der Waals surface area contributed by atoms with Crippen molar-refractivity contribution in [2.24, 2.45) is 0 Å². The van der Waals surface area contributed by atoms with Crippen molar-refractivity contribution in [3.8, 4) is 0 Å². The van der Waals surface area contributed by atoms with Crippen LogP contribution < -0.4 is 0 Å². The summed E-state index contributed by atoms with van der Waals surface area (Å²) in [5, 5.41) is 9.38. The molecule has 0 aromatic rings. The lowest BCUT2D eigenvalue weighted by Crippen LogP contribution is -2.43. The van der Waals surface area contributed by atoms with Gasteiger partial charge in [0.1, 0.15) is 0 Å². The second-order valence-electron chi connectivity index (χ2n) is 3.55. The smallest absolute Gasteiger partial charge is 0.0667 e. The van der Waals surface area contributed by atoms with E-state index in [2.05, 4.69) is 18.7 Å². The zero-order valence-electron chi connectivity index (χ0n) is 7.58. The van der Waals surface area contributed by atoms with Gasteiger partial charge in [-0.1, -0.05) is 6.92 Å². The van der Waals surface area contributed by atoms with Crippen molar-refractivity contribution in [3.63, 3.8) is 0 Å². The molecule has 1 saturated heterocycles. The summed E-state index contributed by atoms with van der Waals surface area (Å²) in [6, 6.07) is 0.643. The molecule has 0 unspecified atom stereocenters. The summed E-state index contributed by atoms with van der Waals surface area (Å²) < 4.78 is 0. The van der Waals surface area contributed by atoms with E-state index in [0.29, 0.717) is 6.04 Å². The van der Waals surface area contributed by atoms with Crippen LogP contribution in [0.1, 0.15) is 33.1 Å². The second kappa shape index (κ2) is 4.07. The van der Waals surface area contributed by atoms with Gasteiger partial charge in [-0.2, -0.15) is 0 Å². The summed E-state index contributed by atoms with van der Waals surface area (Å²) in [7, 11) is 0. The van der Waals surface area contributed by atoms with Crippen molar-refractivity contribution in [1.29, 1.82) is 0 Å². The summed E-state index contributed by atoms with van der Waals surface area (Å²) in [6.45, 7) is 6.49. The molecular weight excluding hydrogens is 138 g/mol. The fourth-order valence-corrected chi connectivity index (χ4v) is 1.64. The van der Waals surface area contributed by atoms with Crippen LogP contribution in [-0.2, 0) is 0 Å². The van der Waals surface area contributed by atoms with E-state index in [0.717, 1.165) is 19.4 Å². The third-order valence-corrected chi connectivity index (χ3v) is 2.64. The van der Waals surface area contributed by atoms with E-state index < -0.39 is 0 Å². The maximum absolute atomic E-state index is 9.38. The summed E-state index contributed by atoms with van der Waals surface area (Å²) in [6.07, 6.45) is 3.27. The third kappa shape index (κ3) is 2.46. The van der Waals surface area contributed by atoms with Crippen LogP contribution in [0.15, 0.2) is 0 Å². The van der Waals surface area contributed by atoms with Gasteiger partial charge < -0.3 is 5.11 Å². The molecule has 2 atom stereocenters. The topological polar surface area (TPSA) is 23.5 Å². The van der Waals surface area contributed by atoms with Crippen LogP contribution in [0.5, 0.6) is 0 Å². The van der Waals surface area contributed by atoms with Crippen LogP contribution in [0.4, 0.5) is 0 Å². The lowest BCUT2D eigenvalue weighted by Gasteiger charge is -2.34. The Morgan fingerprint density at radius 3 is 2.91 bits per heavy atom. The molecule has 1 N–H and O–H groups in total. The van der Waals surface area contributed by atoms with Gasteiger partial charge >= 0.3 is 0 Å². The lowest BCUT2D eigenvalue weighted by molar-refractivity contribution is 0.0498. The number of aliphatic hydroxyl groups excluding tert-OH is 1. The van der Waals surface area contributed by atoms with Gasteiger partial charge in [0, 0.05) is 12.6 Å². The number of nitrogens with zero attached hydrogens (tertiary/aromatic N) is 1. The molecule has 0 aromatic carbocycles. The number of likely N-dealkylation sites (tertiary alicyclic amines) is 1. The Hall–Kier alpha value is -0.0800. The van der Waals surface area contributed by atoms with E-state index in [-0.39, 0.29) is 6.10 Å². The molecule has 1 rings (SSSR count). The van der Waals surface area contributed by atoms with E-state index in [1.165, 1.54) is 13.0 Å². The Balaban J connectivity index is 2.33. The molecule has 2 heteroatoms. The molecule has 0 saturated carbocycles. The van der Waals surface area contributed by atoms with E-state index in [4.69, 9.17) is 0 Å². The highest BCUT2D eigenvalue weighted by Crippen LogP contribution is 2.13. The molecule has 1 fully saturated rings. The van der Waals surface area contributed by atoms with Crippen molar-refractivity contribution >= 4 is 0 Å². The standard InChI is InChI=1S/C9H19NO/c1-3-8(2)10-6-4-5-9(11)7-10/h8-9,11H,3-7H2,1-2H3/t8-,9-/m1/s1. The maximum Gasteiger partial charge on any atom is 0.0667 e. The Bertz CT molecular complexity index is 116. The molecule has 0 amide bonds. The number of rotatable bonds is 2. The number of piperidine rings is 1. The van der Waals surface area contributed by atoms with E-state index in [9.17, 15) is 5.11 Å². The fraction of sp³-hybridized carbons (Fsp3) is 1.00. The van der Waals surface area contributed by atoms with Crippen LogP contribution in [0, 0.1) is 0 Å². The molecule has 0 spiro atoms. The minimum absolute atomic E-state index is 0.0715.